The summed E-state index contributed by atoms with van der Waals surface area (Å²) < 4.78 is 19.5. The smallest absolute Gasteiger partial charge is 0.127 e. The number of ether oxygens (including phenoxy) is 1. The predicted octanol–water partition coefficient (Wildman–Crippen LogP) is 3.43. The summed E-state index contributed by atoms with van der Waals surface area (Å²) in [6.07, 6.45) is 2.41. The molecule has 0 saturated carbocycles. The molecule has 0 amide bonds. The van der Waals surface area contributed by atoms with E-state index in [2.05, 4.69) is 19.2 Å². The van der Waals surface area contributed by atoms with Gasteiger partial charge in [-0.2, -0.15) is 0 Å². The molecule has 1 N–H and O–H groups in total. The molecule has 2 rings (SSSR count). The Hall–Kier alpha value is -0.930. The van der Waals surface area contributed by atoms with E-state index in [1.165, 1.54) is 6.07 Å². The second-order valence-electron chi connectivity index (χ2n) is 5.69. The number of hydrogen-bond donors (Lipinski definition) is 1. The van der Waals surface area contributed by atoms with Crippen LogP contribution in [0, 0.1) is 5.82 Å². The molecule has 0 spiro atoms. The fraction of sp³-hybridized carbons (Fsp3) is 0.600. The summed E-state index contributed by atoms with van der Waals surface area (Å²) in [6.45, 7) is 7.00. The van der Waals surface area contributed by atoms with Gasteiger partial charge in [0.05, 0.1) is 11.7 Å². The molecule has 1 saturated heterocycles. The standard InChI is InChI=1S/C15H22FNO/c1-11(13-6-4-5-7-14(13)16)17-10-12-8-9-15(2,3)18-12/h4-7,11-12,17H,8-10H2,1-3H3. The van der Waals surface area contributed by atoms with Crippen molar-refractivity contribution in [2.75, 3.05) is 6.54 Å². The van der Waals surface area contributed by atoms with Gasteiger partial charge < -0.3 is 10.1 Å². The molecule has 1 aliphatic heterocycles. The Morgan fingerprint density at radius 1 is 1.44 bits per heavy atom. The predicted molar refractivity (Wildman–Crippen MR) is 71.0 cm³/mol. The summed E-state index contributed by atoms with van der Waals surface area (Å²) in [6, 6.07) is 6.92. The number of rotatable bonds is 4. The van der Waals surface area contributed by atoms with E-state index in [0.717, 1.165) is 24.9 Å². The minimum atomic E-state index is -0.148. The fourth-order valence-electron chi connectivity index (χ4n) is 2.47. The molecule has 1 aliphatic rings. The quantitative estimate of drug-likeness (QED) is 0.885. The molecule has 2 unspecified atom stereocenters. The van der Waals surface area contributed by atoms with Gasteiger partial charge >= 0.3 is 0 Å². The van der Waals surface area contributed by atoms with Crippen LogP contribution in [0.5, 0.6) is 0 Å². The van der Waals surface area contributed by atoms with Crippen LogP contribution in [0.1, 0.15) is 45.2 Å². The summed E-state index contributed by atoms with van der Waals surface area (Å²) in [5, 5.41) is 3.35. The summed E-state index contributed by atoms with van der Waals surface area (Å²) in [5.74, 6) is -0.148. The van der Waals surface area contributed by atoms with Crippen molar-refractivity contribution >= 4 is 0 Å². The van der Waals surface area contributed by atoms with E-state index < -0.39 is 0 Å². The van der Waals surface area contributed by atoms with E-state index in [-0.39, 0.29) is 23.6 Å². The average molecular weight is 251 g/mol. The van der Waals surface area contributed by atoms with Crippen molar-refractivity contribution in [2.24, 2.45) is 0 Å². The van der Waals surface area contributed by atoms with Gasteiger partial charge in [0, 0.05) is 18.2 Å². The van der Waals surface area contributed by atoms with Gasteiger partial charge in [-0.1, -0.05) is 18.2 Å². The van der Waals surface area contributed by atoms with E-state index in [0.29, 0.717) is 0 Å². The van der Waals surface area contributed by atoms with Crippen molar-refractivity contribution in [2.45, 2.75) is 51.4 Å². The molecule has 18 heavy (non-hydrogen) atoms. The maximum Gasteiger partial charge on any atom is 0.127 e. The lowest BCUT2D eigenvalue weighted by atomic mass is 10.0. The molecular formula is C15H22FNO. The van der Waals surface area contributed by atoms with E-state index in [9.17, 15) is 4.39 Å². The van der Waals surface area contributed by atoms with Crippen LogP contribution in [0.3, 0.4) is 0 Å². The number of halogens is 1. The zero-order valence-electron chi connectivity index (χ0n) is 11.4. The van der Waals surface area contributed by atoms with E-state index >= 15 is 0 Å². The first kappa shape index (κ1) is 13.5. The molecule has 1 heterocycles. The van der Waals surface area contributed by atoms with Crippen molar-refractivity contribution in [3.8, 4) is 0 Å². The molecular weight excluding hydrogens is 229 g/mol. The normalized spacial score (nSPS) is 24.1. The SMILES string of the molecule is CC(NCC1CCC(C)(C)O1)c1ccccc1F. The summed E-state index contributed by atoms with van der Waals surface area (Å²) in [5.41, 5.74) is 0.711. The van der Waals surface area contributed by atoms with Gasteiger partial charge in [-0.05, 0) is 39.7 Å². The highest BCUT2D eigenvalue weighted by molar-refractivity contribution is 5.20. The lowest BCUT2D eigenvalue weighted by Gasteiger charge is -2.21. The van der Waals surface area contributed by atoms with Gasteiger partial charge in [0.2, 0.25) is 0 Å². The van der Waals surface area contributed by atoms with Crippen LogP contribution in [0.15, 0.2) is 24.3 Å². The van der Waals surface area contributed by atoms with Gasteiger partial charge in [0.1, 0.15) is 5.82 Å². The lowest BCUT2D eigenvalue weighted by molar-refractivity contribution is -0.0150. The molecule has 2 atom stereocenters. The Morgan fingerprint density at radius 3 is 2.78 bits per heavy atom. The molecule has 0 radical (unpaired) electrons. The molecule has 0 bridgehead atoms. The molecule has 2 nitrogen and oxygen atoms in total. The molecule has 0 aromatic heterocycles. The number of nitrogens with one attached hydrogen (secondary N) is 1. The van der Waals surface area contributed by atoms with Crippen LogP contribution >= 0.6 is 0 Å². The molecule has 0 aliphatic carbocycles. The van der Waals surface area contributed by atoms with Crippen molar-refractivity contribution in [1.29, 1.82) is 0 Å². The third kappa shape index (κ3) is 3.30. The van der Waals surface area contributed by atoms with Gasteiger partial charge in [-0.15, -0.1) is 0 Å². The highest BCUT2D eigenvalue weighted by Crippen LogP contribution is 2.29. The fourth-order valence-corrected chi connectivity index (χ4v) is 2.47. The maximum absolute atomic E-state index is 13.6. The van der Waals surface area contributed by atoms with Crippen molar-refractivity contribution in [3.05, 3.63) is 35.6 Å². The Labute approximate surface area is 109 Å². The topological polar surface area (TPSA) is 21.3 Å². The molecule has 1 fully saturated rings. The summed E-state index contributed by atoms with van der Waals surface area (Å²) in [4.78, 5) is 0. The average Bonchev–Trinajstić information content (AvgIpc) is 2.66. The van der Waals surface area contributed by atoms with Crippen molar-refractivity contribution in [3.63, 3.8) is 0 Å². The molecule has 100 valence electrons. The lowest BCUT2D eigenvalue weighted by Crippen LogP contribution is -2.31. The molecule has 1 aromatic rings. The van der Waals surface area contributed by atoms with Crippen molar-refractivity contribution < 1.29 is 9.13 Å². The maximum atomic E-state index is 13.6. The summed E-state index contributed by atoms with van der Waals surface area (Å²) in [7, 11) is 0. The zero-order valence-corrected chi connectivity index (χ0v) is 11.4. The third-order valence-corrected chi connectivity index (χ3v) is 3.58. The first-order chi connectivity index (χ1) is 8.48. The monoisotopic (exact) mass is 251 g/mol. The van der Waals surface area contributed by atoms with Crippen LogP contribution < -0.4 is 5.32 Å². The van der Waals surface area contributed by atoms with Crippen LogP contribution in [-0.4, -0.2) is 18.2 Å². The Morgan fingerprint density at radius 2 is 2.17 bits per heavy atom. The Bertz CT molecular complexity index is 405. The van der Waals surface area contributed by atoms with E-state index in [1.54, 1.807) is 6.07 Å². The molecule has 3 heteroatoms. The third-order valence-electron chi connectivity index (χ3n) is 3.58. The van der Waals surface area contributed by atoms with Gasteiger partial charge in [0.25, 0.3) is 0 Å². The van der Waals surface area contributed by atoms with Crippen LogP contribution in [0.25, 0.3) is 0 Å². The highest BCUT2D eigenvalue weighted by Gasteiger charge is 2.31. The highest BCUT2D eigenvalue weighted by atomic mass is 19.1. The van der Waals surface area contributed by atoms with Crippen LogP contribution in [0.4, 0.5) is 4.39 Å². The molecule has 1 aromatic carbocycles. The Kier molecular flexibility index (Phi) is 4.03. The van der Waals surface area contributed by atoms with Gasteiger partial charge in [-0.25, -0.2) is 4.39 Å². The van der Waals surface area contributed by atoms with Crippen LogP contribution in [-0.2, 0) is 4.74 Å². The van der Waals surface area contributed by atoms with Gasteiger partial charge in [0.15, 0.2) is 0 Å². The Balaban J connectivity index is 1.86. The largest absolute Gasteiger partial charge is 0.371 e. The first-order valence-electron chi connectivity index (χ1n) is 6.63. The minimum Gasteiger partial charge on any atom is -0.371 e. The van der Waals surface area contributed by atoms with Crippen LogP contribution in [0.2, 0.25) is 0 Å². The second-order valence-corrected chi connectivity index (χ2v) is 5.69. The number of benzene rings is 1. The van der Waals surface area contributed by atoms with E-state index in [4.69, 9.17) is 4.74 Å². The summed E-state index contributed by atoms with van der Waals surface area (Å²) >= 11 is 0. The van der Waals surface area contributed by atoms with E-state index in [1.807, 2.05) is 19.1 Å². The van der Waals surface area contributed by atoms with Crippen molar-refractivity contribution in [1.82, 2.24) is 5.32 Å². The zero-order chi connectivity index (χ0) is 13.2. The second kappa shape index (κ2) is 5.37. The first-order valence-corrected chi connectivity index (χ1v) is 6.63. The van der Waals surface area contributed by atoms with Gasteiger partial charge in [-0.3, -0.25) is 0 Å². The number of hydrogen-bond acceptors (Lipinski definition) is 2. The minimum absolute atomic E-state index is 0.00637.